The Kier molecular flexibility index (Phi) is 4.62. The van der Waals surface area contributed by atoms with Gasteiger partial charge in [-0.3, -0.25) is 0 Å². The fraction of sp³-hybridized carbons (Fsp3) is 0.0952. The van der Waals surface area contributed by atoms with E-state index in [9.17, 15) is 0 Å². The average Bonchev–Trinajstić information content (AvgIpc) is 2.59. The van der Waals surface area contributed by atoms with Crippen molar-refractivity contribution in [2.45, 2.75) is 6.42 Å². The number of para-hydroxylation sites is 2. The summed E-state index contributed by atoms with van der Waals surface area (Å²) in [6, 6.07) is 28.1. The molecular weight excluding hydrogens is 393 g/mol. The van der Waals surface area contributed by atoms with Gasteiger partial charge in [0, 0.05) is 12.1 Å². The molecule has 1 heterocycles. The molecule has 0 spiro atoms. The lowest BCUT2D eigenvalue weighted by Gasteiger charge is -2.10. The first-order valence-electron chi connectivity index (χ1n) is 7.67. The van der Waals surface area contributed by atoms with Gasteiger partial charge in [0.25, 0.3) is 0 Å². The van der Waals surface area contributed by atoms with Crippen molar-refractivity contribution in [1.29, 1.82) is 0 Å². The van der Waals surface area contributed by atoms with Gasteiger partial charge >= 0.3 is 0 Å². The van der Waals surface area contributed by atoms with Gasteiger partial charge in [-0.15, -0.1) is 0 Å². The van der Waals surface area contributed by atoms with Gasteiger partial charge in [-0.1, -0.05) is 54.6 Å². The summed E-state index contributed by atoms with van der Waals surface area (Å²) in [6.45, 7) is 0. The molecule has 4 aromatic rings. The predicted molar refractivity (Wildman–Crippen MR) is 91.9 cm³/mol. The first kappa shape index (κ1) is 15.9. The molecule has 0 saturated heterocycles. The Morgan fingerprint density at radius 1 is 0.652 bits per heavy atom. The van der Waals surface area contributed by atoms with Crippen LogP contribution in [0.5, 0.6) is 0 Å². The predicted octanol–water partition coefficient (Wildman–Crippen LogP) is 1.41. The second kappa shape index (κ2) is 6.67. The molecule has 0 amide bonds. The molecule has 0 bridgehead atoms. The Bertz CT molecular complexity index is 904. The van der Waals surface area contributed by atoms with Gasteiger partial charge in [0.1, 0.15) is 7.05 Å². The van der Waals surface area contributed by atoms with Gasteiger partial charge in [-0.25, -0.2) is 0 Å². The highest BCUT2D eigenvalue weighted by molar-refractivity contribution is 5.94. The van der Waals surface area contributed by atoms with Crippen molar-refractivity contribution in [2.75, 3.05) is 0 Å². The third-order valence-electron chi connectivity index (χ3n) is 4.40. The highest BCUT2D eigenvalue weighted by atomic mass is 127. The molecule has 114 valence electrons. The van der Waals surface area contributed by atoms with Crippen LogP contribution in [0, 0.1) is 0 Å². The lowest BCUT2D eigenvalue weighted by molar-refractivity contribution is -0.617. The van der Waals surface area contributed by atoms with Crippen molar-refractivity contribution in [2.24, 2.45) is 7.05 Å². The maximum atomic E-state index is 2.29. The van der Waals surface area contributed by atoms with Crippen molar-refractivity contribution in [1.82, 2.24) is 0 Å². The molecule has 0 aliphatic heterocycles. The number of halogens is 1. The van der Waals surface area contributed by atoms with E-state index in [2.05, 4.69) is 90.5 Å². The van der Waals surface area contributed by atoms with Crippen LogP contribution in [0.15, 0.2) is 78.9 Å². The van der Waals surface area contributed by atoms with Crippen LogP contribution in [0.25, 0.3) is 21.8 Å². The van der Waals surface area contributed by atoms with E-state index in [-0.39, 0.29) is 24.0 Å². The van der Waals surface area contributed by atoms with Crippen LogP contribution < -0.4 is 28.5 Å². The minimum atomic E-state index is 0. The molecule has 0 aliphatic rings. The number of pyridine rings is 1. The van der Waals surface area contributed by atoms with E-state index in [0.717, 1.165) is 6.42 Å². The molecule has 23 heavy (non-hydrogen) atoms. The molecule has 0 atom stereocenters. The summed E-state index contributed by atoms with van der Waals surface area (Å²) in [5.74, 6) is 0. The molecule has 3 aromatic carbocycles. The molecule has 2 heteroatoms. The Labute approximate surface area is 153 Å². The molecule has 1 aromatic heterocycles. The van der Waals surface area contributed by atoms with Crippen molar-refractivity contribution >= 4 is 21.8 Å². The van der Waals surface area contributed by atoms with Gasteiger partial charge in [0.15, 0.2) is 0 Å². The standard InChI is InChI=1S/C21H18N.HI/c1-22-20-13-7-5-11-17(20)19(15-16-9-3-2-4-10-16)18-12-6-8-14-21(18)22;/h2-14H,15H2,1H3;1H/q+1;/p-1. The summed E-state index contributed by atoms with van der Waals surface area (Å²) in [5.41, 5.74) is 5.33. The number of nitrogens with zero attached hydrogens (tertiary/aromatic N) is 1. The van der Waals surface area contributed by atoms with E-state index in [0.29, 0.717) is 0 Å². The third kappa shape index (κ3) is 2.83. The number of benzene rings is 3. The highest BCUT2D eigenvalue weighted by Crippen LogP contribution is 2.26. The van der Waals surface area contributed by atoms with Crippen LogP contribution >= 0.6 is 0 Å². The van der Waals surface area contributed by atoms with Gasteiger partial charge in [-0.2, -0.15) is 4.57 Å². The Hall–Kier alpha value is -1.94. The molecule has 0 unspecified atom stereocenters. The van der Waals surface area contributed by atoms with E-state index < -0.39 is 0 Å². The van der Waals surface area contributed by atoms with Gasteiger partial charge in [-0.05, 0) is 29.7 Å². The molecule has 0 radical (unpaired) electrons. The quantitative estimate of drug-likeness (QED) is 0.267. The summed E-state index contributed by atoms with van der Waals surface area (Å²) in [6.07, 6.45) is 0.961. The minimum absolute atomic E-state index is 0. The van der Waals surface area contributed by atoms with Crippen molar-refractivity contribution in [3.63, 3.8) is 0 Å². The first-order chi connectivity index (χ1) is 10.8. The van der Waals surface area contributed by atoms with Crippen LogP contribution in [-0.4, -0.2) is 0 Å². The second-order valence-electron chi connectivity index (χ2n) is 5.73. The Balaban J connectivity index is 0.00000156. The smallest absolute Gasteiger partial charge is 0.213 e. The third-order valence-corrected chi connectivity index (χ3v) is 4.40. The van der Waals surface area contributed by atoms with Crippen molar-refractivity contribution in [3.8, 4) is 0 Å². The molecule has 0 N–H and O–H groups in total. The normalized spacial score (nSPS) is 10.7. The lowest BCUT2D eigenvalue weighted by Crippen LogP contribution is -3.00. The Morgan fingerprint density at radius 2 is 1.13 bits per heavy atom. The number of fused-ring (bicyclic) bond motifs is 2. The fourth-order valence-corrected chi connectivity index (χ4v) is 3.31. The summed E-state index contributed by atoms with van der Waals surface area (Å²) < 4.78 is 2.29. The molecule has 0 saturated carbocycles. The maximum Gasteiger partial charge on any atom is 0.213 e. The van der Waals surface area contributed by atoms with Crippen LogP contribution in [0.3, 0.4) is 0 Å². The SMILES string of the molecule is C[n+]1c2ccccc2c(Cc2ccccc2)c2ccccc21.[I-]. The number of aryl methyl sites for hydroxylation is 1. The number of hydrogen-bond donors (Lipinski definition) is 0. The van der Waals surface area contributed by atoms with Gasteiger partial charge in [0.05, 0.1) is 10.8 Å². The number of rotatable bonds is 2. The zero-order chi connectivity index (χ0) is 14.9. The van der Waals surface area contributed by atoms with E-state index in [4.69, 9.17) is 0 Å². The molecule has 0 fully saturated rings. The van der Waals surface area contributed by atoms with Crippen LogP contribution in [-0.2, 0) is 13.5 Å². The zero-order valence-electron chi connectivity index (χ0n) is 13.0. The number of hydrogen-bond acceptors (Lipinski definition) is 0. The summed E-state index contributed by atoms with van der Waals surface area (Å²) in [5, 5.41) is 2.68. The molecular formula is C21H18IN. The first-order valence-corrected chi connectivity index (χ1v) is 7.67. The Morgan fingerprint density at radius 3 is 1.70 bits per heavy atom. The second-order valence-corrected chi connectivity index (χ2v) is 5.73. The maximum absolute atomic E-state index is 2.29. The highest BCUT2D eigenvalue weighted by Gasteiger charge is 2.16. The number of aromatic nitrogens is 1. The zero-order valence-corrected chi connectivity index (χ0v) is 15.2. The molecule has 0 aliphatic carbocycles. The van der Waals surface area contributed by atoms with Crippen molar-refractivity contribution in [3.05, 3.63) is 90.0 Å². The minimum Gasteiger partial charge on any atom is -1.00 e. The van der Waals surface area contributed by atoms with Crippen LogP contribution in [0.2, 0.25) is 0 Å². The van der Waals surface area contributed by atoms with E-state index in [1.807, 2.05) is 0 Å². The summed E-state index contributed by atoms with van der Waals surface area (Å²) in [4.78, 5) is 0. The molecule has 1 nitrogen and oxygen atoms in total. The van der Waals surface area contributed by atoms with E-state index >= 15 is 0 Å². The van der Waals surface area contributed by atoms with E-state index in [1.54, 1.807) is 0 Å². The topological polar surface area (TPSA) is 3.88 Å². The average molecular weight is 411 g/mol. The monoisotopic (exact) mass is 411 g/mol. The fourth-order valence-electron chi connectivity index (χ4n) is 3.31. The van der Waals surface area contributed by atoms with Crippen molar-refractivity contribution < 1.29 is 28.5 Å². The van der Waals surface area contributed by atoms with Crippen LogP contribution in [0.1, 0.15) is 11.1 Å². The van der Waals surface area contributed by atoms with E-state index in [1.165, 1.54) is 32.9 Å². The largest absolute Gasteiger partial charge is 1.00 e. The summed E-state index contributed by atoms with van der Waals surface area (Å²) >= 11 is 0. The van der Waals surface area contributed by atoms with Crippen LogP contribution in [0.4, 0.5) is 0 Å². The van der Waals surface area contributed by atoms with Gasteiger partial charge in [0.2, 0.25) is 11.0 Å². The lowest BCUT2D eigenvalue weighted by atomic mass is 9.96. The summed E-state index contributed by atoms with van der Waals surface area (Å²) in [7, 11) is 2.15. The van der Waals surface area contributed by atoms with Gasteiger partial charge < -0.3 is 24.0 Å². The molecule has 4 rings (SSSR count).